The van der Waals surface area contributed by atoms with Gasteiger partial charge in [0.05, 0.1) is 11.1 Å². The van der Waals surface area contributed by atoms with Crippen molar-refractivity contribution in [3.8, 4) is 0 Å². The molecule has 1 heterocycles. The molecule has 0 saturated heterocycles. The first kappa shape index (κ1) is 13.7. The molecule has 5 nitrogen and oxygen atoms in total. The van der Waals surface area contributed by atoms with Gasteiger partial charge >= 0.3 is 0 Å². The zero-order valence-corrected chi connectivity index (χ0v) is 12.1. The van der Waals surface area contributed by atoms with Crippen molar-refractivity contribution < 1.29 is 9.76 Å². The molecule has 0 aliphatic heterocycles. The monoisotopic (exact) mass is 340 g/mol. The molecule has 2 rings (SSSR count). The lowest BCUT2D eigenvalue weighted by Crippen LogP contribution is -1.91. The topological polar surface area (TPSA) is 64.7 Å². The van der Waals surface area contributed by atoms with Gasteiger partial charge in [-0.3, -0.25) is 10.1 Å². The van der Waals surface area contributed by atoms with Crippen LogP contribution in [0.25, 0.3) is 0 Å². The van der Waals surface area contributed by atoms with Crippen molar-refractivity contribution in [2.24, 2.45) is 5.16 Å². The summed E-state index contributed by atoms with van der Waals surface area (Å²) >= 11 is 4.88. The number of nitrogens with zero attached hydrogens (tertiary/aromatic N) is 2. The van der Waals surface area contributed by atoms with Gasteiger partial charge in [-0.2, -0.15) is 0 Å². The number of halogens is 1. The summed E-state index contributed by atoms with van der Waals surface area (Å²) in [5.74, 6) is 0. The summed E-state index contributed by atoms with van der Waals surface area (Å²) in [6, 6.07) is 8.21. The van der Waals surface area contributed by atoms with Crippen LogP contribution in [0.1, 0.15) is 10.4 Å². The largest absolute Gasteiger partial charge is 0.391 e. The molecule has 0 amide bonds. The Morgan fingerprint density at radius 2 is 2.32 bits per heavy atom. The molecule has 2 aromatic rings. The summed E-state index contributed by atoms with van der Waals surface area (Å²) < 4.78 is 0.998. The van der Waals surface area contributed by atoms with Gasteiger partial charge in [0, 0.05) is 26.9 Å². The number of hydrogen-bond donors (Lipinski definition) is 0. The van der Waals surface area contributed by atoms with E-state index in [9.17, 15) is 10.1 Å². The van der Waals surface area contributed by atoms with E-state index in [2.05, 4.69) is 21.1 Å². The number of thiophene rings is 1. The molecular weight excluding hydrogens is 332 g/mol. The van der Waals surface area contributed by atoms with Crippen molar-refractivity contribution >= 4 is 39.2 Å². The van der Waals surface area contributed by atoms with E-state index in [0.29, 0.717) is 5.56 Å². The van der Waals surface area contributed by atoms with Gasteiger partial charge in [-0.05, 0) is 27.6 Å². The second-order valence-corrected chi connectivity index (χ2v) is 5.46. The molecule has 19 heavy (non-hydrogen) atoms. The Morgan fingerprint density at radius 3 is 3.00 bits per heavy atom. The van der Waals surface area contributed by atoms with E-state index in [4.69, 9.17) is 4.84 Å². The second kappa shape index (κ2) is 6.44. The molecule has 0 bridgehead atoms. The van der Waals surface area contributed by atoms with Crippen LogP contribution in [0.3, 0.4) is 0 Å². The minimum atomic E-state index is -0.435. The Hall–Kier alpha value is -1.73. The zero-order valence-electron chi connectivity index (χ0n) is 9.65. The molecule has 7 heteroatoms. The third-order valence-electron chi connectivity index (χ3n) is 2.19. The van der Waals surface area contributed by atoms with Gasteiger partial charge in [0.2, 0.25) is 0 Å². The minimum Gasteiger partial charge on any atom is -0.391 e. The van der Waals surface area contributed by atoms with E-state index in [1.54, 1.807) is 18.3 Å². The number of rotatable bonds is 5. The van der Waals surface area contributed by atoms with Crippen LogP contribution in [0.5, 0.6) is 0 Å². The Labute approximate surface area is 121 Å². The van der Waals surface area contributed by atoms with E-state index in [1.165, 1.54) is 23.5 Å². The summed E-state index contributed by atoms with van der Waals surface area (Å²) in [7, 11) is 0. The first-order chi connectivity index (χ1) is 9.15. The van der Waals surface area contributed by atoms with Crippen molar-refractivity contribution in [3.63, 3.8) is 0 Å². The van der Waals surface area contributed by atoms with Gasteiger partial charge in [-0.25, -0.2) is 0 Å². The number of non-ortho nitro benzene ring substituents is 1. The fourth-order valence-corrected chi connectivity index (χ4v) is 2.65. The van der Waals surface area contributed by atoms with Crippen LogP contribution in [0, 0.1) is 10.1 Å². The summed E-state index contributed by atoms with van der Waals surface area (Å²) in [5, 5.41) is 16.4. The predicted octanol–water partition coefficient (Wildman–Crippen LogP) is 3.97. The van der Waals surface area contributed by atoms with Gasteiger partial charge in [0.25, 0.3) is 5.69 Å². The molecule has 0 aliphatic carbocycles. The van der Waals surface area contributed by atoms with Crippen LogP contribution >= 0.6 is 27.3 Å². The SMILES string of the molecule is O=[N+]([O-])c1cccc(CO/N=C\c2cc(Br)cs2)c1. The normalized spacial score (nSPS) is 10.8. The quantitative estimate of drug-likeness (QED) is 0.470. The van der Waals surface area contributed by atoms with E-state index in [-0.39, 0.29) is 12.3 Å². The fourth-order valence-electron chi connectivity index (χ4n) is 1.36. The molecule has 98 valence electrons. The van der Waals surface area contributed by atoms with E-state index >= 15 is 0 Å². The van der Waals surface area contributed by atoms with Gasteiger partial charge in [-0.15, -0.1) is 11.3 Å². The fraction of sp³-hybridized carbons (Fsp3) is 0.0833. The van der Waals surface area contributed by atoms with Crippen LogP contribution in [0.15, 0.2) is 45.3 Å². The summed E-state index contributed by atoms with van der Waals surface area (Å²) in [6.45, 7) is 0.199. The van der Waals surface area contributed by atoms with Crippen LogP contribution in [-0.2, 0) is 11.4 Å². The van der Waals surface area contributed by atoms with Gasteiger partial charge in [0.15, 0.2) is 0 Å². The van der Waals surface area contributed by atoms with Crippen molar-refractivity contribution in [1.29, 1.82) is 0 Å². The van der Waals surface area contributed by atoms with Gasteiger partial charge in [0.1, 0.15) is 6.61 Å². The van der Waals surface area contributed by atoms with Crippen molar-refractivity contribution in [3.05, 3.63) is 60.7 Å². The van der Waals surface area contributed by atoms with Gasteiger partial charge in [-0.1, -0.05) is 17.3 Å². The highest BCUT2D eigenvalue weighted by molar-refractivity contribution is 9.10. The Morgan fingerprint density at radius 1 is 1.47 bits per heavy atom. The van der Waals surface area contributed by atoms with Crippen LogP contribution in [0.2, 0.25) is 0 Å². The standard InChI is InChI=1S/C12H9BrN2O3S/c13-10-5-12(19-8-10)6-14-18-7-9-2-1-3-11(4-9)15(16)17/h1-6,8H,7H2/b14-6-. The minimum absolute atomic E-state index is 0.0484. The third-order valence-corrected chi connectivity index (χ3v) is 3.82. The maximum Gasteiger partial charge on any atom is 0.269 e. The maximum atomic E-state index is 10.6. The lowest BCUT2D eigenvalue weighted by atomic mass is 10.2. The molecule has 0 unspecified atom stereocenters. The lowest BCUT2D eigenvalue weighted by molar-refractivity contribution is -0.384. The molecule has 0 aliphatic rings. The predicted molar refractivity (Wildman–Crippen MR) is 77.5 cm³/mol. The molecule has 0 saturated carbocycles. The molecule has 0 N–H and O–H groups in total. The molecule has 0 atom stereocenters. The van der Waals surface area contributed by atoms with Crippen LogP contribution in [-0.4, -0.2) is 11.1 Å². The molecule has 1 aromatic carbocycles. The number of oxime groups is 1. The second-order valence-electron chi connectivity index (χ2n) is 3.60. The van der Waals surface area contributed by atoms with Crippen LogP contribution in [0.4, 0.5) is 5.69 Å². The molecule has 0 radical (unpaired) electrons. The Bertz CT molecular complexity index is 613. The van der Waals surface area contributed by atoms with E-state index in [0.717, 1.165) is 9.35 Å². The first-order valence-corrected chi connectivity index (χ1v) is 6.95. The van der Waals surface area contributed by atoms with Crippen molar-refractivity contribution in [2.75, 3.05) is 0 Å². The molecule has 0 fully saturated rings. The molecular formula is C12H9BrN2O3S. The van der Waals surface area contributed by atoms with Gasteiger partial charge < -0.3 is 4.84 Å². The summed E-state index contributed by atoms with van der Waals surface area (Å²) in [4.78, 5) is 16.2. The zero-order chi connectivity index (χ0) is 13.7. The van der Waals surface area contributed by atoms with E-state index in [1.807, 2.05) is 11.4 Å². The summed E-state index contributed by atoms with van der Waals surface area (Å²) in [6.07, 6.45) is 1.60. The van der Waals surface area contributed by atoms with Crippen molar-refractivity contribution in [2.45, 2.75) is 6.61 Å². The van der Waals surface area contributed by atoms with Crippen molar-refractivity contribution in [1.82, 2.24) is 0 Å². The highest BCUT2D eigenvalue weighted by Crippen LogP contribution is 2.18. The highest BCUT2D eigenvalue weighted by Gasteiger charge is 2.05. The number of nitro groups is 1. The first-order valence-electron chi connectivity index (χ1n) is 5.28. The average Bonchev–Trinajstić information content (AvgIpc) is 2.81. The third kappa shape index (κ3) is 4.15. The summed E-state index contributed by atoms with van der Waals surface area (Å²) in [5.41, 5.74) is 0.756. The highest BCUT2D eigenvalue weighted by atomic mass is 79.9. The number of nitro benzene ring substituents is 1. The van der Waals surface area contributed by atoms with Crippen LogP contribution < -0.4 is 0 Å². The smallest absolute Gasteiger partial charge is 0.269 e. The molecule has 0 spiro atoms. The Balaban J connectivity index is 1.90. The lowest BCUT2D eigenvalue weighted by Gasteiger charge is -1.99. The number of benzene rings is 1. The molecule has 1 aromatic heterocycles. The maximum absolute atomic E-state index is 10.6. The average molecular weight is 341 g/mol. The number of hydrogen-bond acceptors (Lipinski definition) is 5. The van der Waals surface area contributed by atoms with E-state index < -0.39 is 4.92 Å². The Kier molecular flexibility index (Phi) is 4.64.